The van der Waals surface area contributed by atoms with Crippen LogP contribution < -0.4 is 0 Å². The van der Waals surface area contributed by atoms with Crippen LogP contribution >= 0.6 is 0 Å². The number of oxazole rings is 1. The number of rotatable bonds is 3. The number of phenols is 2. The minimum atomic E-state index is -0.339. The minimum Gasteiger partial charge on any atom is -0.508 e. The highest BCUT2D eigenvalue weighted by atomic mass is 19.1. The molecule has 118 valence electrons. The van der Waals surface area contributed by atoms with Gasteiger partial charge in [0.1, 0.15) is 23.0 Å². The van der Waals surface area contributed by atoms with Crippen LogP contribution in [0.4, 0.5) is 4.39 Å². The van der Waals surface area contributed by atoms with Crippen LogP contribution in [-0.2, 0) is 0 Å². The Hall–Kier alpha value is -2.82. The van der Waals surface area contributed by atoms with Gasteiger partial charge in [-0.15, -0.1) is 0 Å². The molecule has 0 bridgehead atoms. The number of hydrogen-bond donors (Lipinski definition) is 2. The van der Waals surface area contributed by atoms with Crippen LogP contribution in [0.3, 0.4) is 0 Å². The average Bonchev–Trinajstić information content (AvgIpc) is 2.97. The molecule has 0 aliphatic carbocycles. The van der Waals surface area contributed by atoms with Crippen LogP contribution in [0.15, 0.2) is 47.2 Å². The van der Waals surface area contributed by atoms with Crippen LogP contribution in [0.2, 0.25) is 0 Å². The molecular weight excluding hydrogens is 297 g/mol. The normalized spacial score (nSPS) is 11.1. The van der Waals surface area contributed by atoms with Gasteiger partial charge in [0, 0.05) is 11.6 Å². The Bertz CT molecular complexity index is 838. The second kappa shape index (κ2) is 5.76. The molecule has 0 aliphatic rings. The van der Waals surface area contributed by atoms with Gasteiger partial charge < -0.3 is 14.6 Å². The molecule has 0 aliphatic heterocycles. The first kappa shape index (κ1) is 15.1. The van der Waals surface area contributed by atoms with Crippen LogP contribution in [0.1, 0.15) is 25.3 Å². The topological polar surface area (TPSA) is 66.5 Å². The fourth-order valence-corrected chi connectivity index (χ4v) is 2.49. The van der Waals surface area contributed by atoms with Crippen molar-refractivity contribution in [3.63, 3.8) is 0 Å². The van der Waals surface area contributed by atoms with E-state index in [0.29, 0.717) is 28.1 Å². The number of benzene rings is 2. The van der Waals surface area contributed by atoms with Crippen molar-refractivity contribution in [2.45, 2.75) is 19.8 Å². The molecule has 3 aromatic rings. The molecule has 2 N–H and O–H groups in total. The van der Waals surface area contributed by atoms with E-state index in [2.05, 4.69) is 4.98 Å². The maximum Gasteiger partial charge on any atom is 0.182 e. The standard InChI is InChI=1S/C18H16FNO3/c1-10(2)13-7-14(16(22)8-15(13)21)18-17(20-9-23-18)11-3-5-12(19)6-4-11/h3-10,21-22H,1-2H3. The lowest BCUT2D eigenvalue weighted by atomic mass is 9.96. The van der Waals surface area contributed by atoms with E-state index in [4.69, 9.17) is 4.42 Å². The monoisotopic (exact) mass is 313 g/mol. The van der Waals surface area contributed by atoms with Crippen LogP contribution in [0, 0.1) is 5.82 Å². The van der Waals surface area contributed by atoms with Crippen molar-refractivity contribution < 1.29 is 19.0 Å². The van der Waals surface area contributed by atoms with Gasteiger partial charge in [0.05, 0.1) is 5.56 Å². The summed E-state index contributed by atoms with van der Waals surface area (Å²) in [6, 6.07) is 8.84. The van der Waals surface area contributed by atoms with Crippen molar-refractivity contribution in [1.82, 2.24) is 4.98 Å². The van der Waals surface area contributed by atoms with Crippen LogP contribution in [-0.4, -0.2) is 15.2 Å². The Kier molecular flexibility index (Phi) is 3.78. The van der Waals surface area contributed by atoms with Gasteiger partial charge in [0.25, 0.3) is 0 Å². The summed E-state index contributed by atoms with van der Waals surface area (Å²) in [5.41, 5.74) is 2.30. The maximum absolute atomic E-state index is 13.1. The third-order valence-electron chi connectivity index (χ3n) is 3.70. The predicted molar refractivity (Wildman–Crippen MR) is 84.8 cm³/mol. The van der Waals surface area contributed by atoms with Crippen LogP contribution in [0.25, 0.3) is 22.6 Å². The first-order valence-corrected chi connectivity index (χ1v) is 7.23. The predicted octanol–water partition coefficient (Wildman–Crippen LogP) is 4.68. The summed E-state index contributed by atoms with van der Waals surface area (Å²) in [7, 11) is 0. The van der Waals surface area contributed by atoms with Crippen molar-refractivity contribution in [2.75, 3.05) is 0 Å². The zero-order chi connectivity index (χ0) is 16.6. The first-order chi connectivity index (χ1) is 11.0. The lowest BCUT2D eigenvalue weighted by Gasteiger charge is -2.12. The van der Waals surface area contributed by atoms with Crippen molar-refractivity contribution in [1.29, 1.82) is 0 Å². The molecule has 3 rings (SSSR count). The summed E-state index contributed by atoms with van der Waals surface area (Å²) in [6.07, 6.45) is 1.27. The van der Waals surface area contributed by atoms with E-state index in [-0.39, 0.29) is 23.2 Å². The number of aromatic nitrogens is 1. The molecule has 0 atom stereocenters. The van der Waals surface area contributed by atoms with E-state index >= 15 is 0 Å². The first-order valence-electron chi connectivity index (χ1n) is 7.23. The van der Waals surface area contributed by atoms with Gasteiger partial charge in [-0.3, -0.25) is 0 Å². The third-order valence-corrected chi connectivity index (χ3v) is 3.70. The number of halogens is 1. The number of hydrogen-bond acceptors (Lipinski definition) is 4. The van der Waals surface area contributed by atoms with E-state index in [0.717, 1.165) is 0 Å². The molecule has 0 fully saturated rings. The second-order valence-corrected chi connectivity index (χ2v) is 5.62. The summed E-state index contributed by atoms with van der Waals surface area (Å²) in [6.45, 7) is 3.88. The highest BCUT2D eigenvalue weighted by molar-refractivity contribution is 5.80. The van der Waals surface area contributed by atoms with Gasteiger partial charge >= 0.3 is 0 Å². The number of phenolic OH excluding ortho intramolecular Hbond substituents is 2. The van der Waals surface area contributed by atoms with Crippen molar-refractivity contribution >= 4 is 0 Å². The SMILES string of the molecule is CC(C)c1cc(-c2ocnc2-c2ccc(F)cc2)c(O)cc1O. The molecule has 1 aromatic heterocycles. The zero-order valence-corrected chi connectivity index (χ0v) is 12.7. The molecule has 4 nitrogen and oxygen atoms in total. The smallest absolute Gasteiger partial charge is 0.182 e. The maximum atomic E-state index is 13.1. The molecule has 0 spiro atoms. The van der Waals surface area contributed by atoms with Crippen LogP contribution in [0.5, 0.6) is 11.5 Å². The Morgan fingerprint density at radius 2 is 1.74 bits per heavy atom. The summed E-state index contributed by atoms with van der Waals surface area (Å²) >= 11 is 0. The van der Waals surface area contributed by atoms with Gasteiger partial charge in [-0.2, -0.15) is 0 Å². The minimum absolute atomic E-state index is 0.0316. The molecule has 0 saturated heterocycles. The molecule has 0 saturated carbocycles. The summed E-state index contributed by atoms with van der Waals surface area (Å²) in [5, 5.41) is 20.1. The fourth-order valence-electron chi connectivity index (χ4n) is 2.49. The molecule has 1 heterocycles. The quantitative estimate of drug-likeness (QED) is 0.736. The van der Waals surface area contributed by atoms with E-state index < -0.39 is 0 Å². The number of aromatic hydroxyl groups is 2. The van der Waals surface area contributed by atoms with E-state index in [9.17, 15) is 14.6 Å². The highest BCUT2D eigenvalue weighted by Crippen LogP contribution is 2.41. The zero-order valence-electron chi connectivity index (χ0n) is 12.7. The van der Waals surface area contributed by atoms with Gasteiger partial charge in [0.15, 0.2) is 12.2 Å². The van der Waals surface area contributed by atoms with Gasteiger partial charge in [-0.1, -0.05) is 13.8 Å². The molecular formula is C18H16FNO3. The van der Waals surface area contributed by atoms with Gasteiger partial charge in [-0.05, 0) is 41.8 Å². The Morgan fingerprint density at radius 1 is 1.04 bits per heavy atom. The Balaban J connectivity index is 2.15. The van der Waals surface area contributed by atoms with E-state index in [1.54, 1.807) is 18.2 Å². The van der Waals surface area contributed by atoms with Crippen molar-refractivity contribution in [3.05, 3.63) is 54.2 Å². The molecule has 2 aromatic carbocycles. The largest absolute Gasteiger partial charge is 0.508 e. The van der Waals surface area contributed by atoms with Gasteiger partial charge in [-0.25, -0.2) is 9.37 Å². The molecule has 23 heavy (non-hydrogen) atoms. The van der Waals surface area contributed by atoms with Crippen molar-refractivity contribution in [2.24, 2.45) is 0 Å². The lowest BCUT2D eigenvalue weighted by Crippen LogP contribution is -1.91. The molecule has 0 amide bonds. The van der Waals surface area contributed by atoms with E-state index in [1.165, 1.54) is 24.6 Å². The second-order valence-electron chi connectivity index (χ2n) is 5.62. The lowest BCUT2D eigenvalue weighted by molar-refractivity contribution is 0.443. The Morgan fingerprint density at radius 3 is 2.39 bits per heavy atom. The molecule has 0 unspecified atom stereocenters. The summed E-state index contributed by atoms with van der Waals surface area (Å²) in [5.74, 6) is 0.0343. The average molecular weight is 313 g/mol. The van der Waals surface area contributed by atoms with Crippen molar-refractivity contribution in [3.8, 4) is 34.1 Å². The summed E-state index contributed by atoms with van der Waals surface area (Å²) < 4.78 is 18.5. The molecule has 0 radical (unpaired) electrons. The highest BCUT2D eigenvalue weighted by Gasteiger charge is 2.19. The fraction of sp³-hybridized carbons (Fsp3) is 0.167. The third kappa shape index (κ3) is 2.77. The summed E-state index contributed by atoms with van der Waals surface area (Å²) in [4.78, 5) is 4.17. The number of nitrogens with zero attached hydrogens (tertiary/aromatic N) is 1. The molecule has 5 heteroatoms. The Labute approximate surface area is 132 Å². The van der Waals surface area contributed by atoms with E-state index in [1.807, 2.05) is 13.8 Å². The van der Waals surface area contributed by atoms with Gasteiger partial charge in [0.2, 0.25) is 0 Å².